The van der Waals surface area contributed by atoms with Gasteiger partial charge in [0.2, 0.25) is 5.91 Å². The van der Waals surface area contributed by atoms with Gasteiger partial charge in [0.25, 0.3) is 0 Å². The molecule has 346 valence electrons. The molecule has 6 heteroatoms. The summed E-state index contributed by atoms with van der Waals surface area (Å²) in [7, 11) is 0. The van der Waals surface area contributed by atoms with E-state index in [-0.39, 0.29) is 0 Å². The lowest BCUT2D eigenvalue weighted by molar-refractivity contribution is -0.132. The van der Waals surface area contributed by atoms with E-state index in [0.717, 1.165) is 38.5 Å². The van der Waals surface area contributed by atoms with Crippen LogP contribution in [0.4, 0.5) is 0 Å². The highest BCUT2D eigenvalue weighted by atomic mass is 16.3. The second-order valence-corrected chi connectivity index (χ2v) is 18.2. The maximum atomic E-state index is 12.5. The van der Waals surface area contributed by atoms with Gasteiger partial charge in [0.15, 0.2) is 0 Å². The van der Waals surface area contributed by atoms with Crippen LogP contribution in [0.1, 0.15) is 284 Å². The van der Waals surface area contributed by atoms with E-state index in [1.807, 2.05) is 0 Å². The molecule has 58 heavy (non-hydrogen) atoms. The van der Waals surface area contributed by atoms with Crippen molar-refractivity contribution >= 4 is 5.91 Å². The summed E-state index contributed by atoms with van der Waals surface area (Å²) in [5.74, 6) is -0.589. The van der Waals surface area contributed by atoms with Crippen LogP contribution < -0.4 is 5.32 Å². The molecule has 1 amide bonds. The Labute approximate surface area is 362 Å². The SMILES string of the molecule is CCCCCCCCCCCCCCCCCCCCCCCC/C=C/CCCC(O)C(O)C(CO)NC(=O)C(O)CCCCCCCCCCCCCCCCC. The van der Waals surface area contributed by atoms with Gasteiger partial charge < -0.3 is 25.7 Å². The van der Waals surface area contributed by atoms with Gasteiger partial charge in [-0.3, -0.25) is 4.79 Å². The molecule has 0 bridgehead atoms. The van der Waals surface area contributed by atoms with Crippen molar-refractivity contribution in [3.8, 4) is 0 Å². The summed E-state index contributed by atoms with van der Waals surface area (Å²) < 4.78 is 0. The Morgan fingerprint density at radius 2 is 0.707 bits per heavy atom. The van der Waals surface area contributed by atoms with Gasteiger partial charge >= 0.3 is 0 Å². The summed E-state index contributed by atoms with van der Waals surface area (Å²) in [6.45, 7) is 4.07. The molecule has 0 radical (unpaired) electrons. The first-order valence-electron chi connectivity index (χ1n) is 26.1. The highest BCUT2D eigenvalue weighted by Gasteiger charge is 2.28. The van der Waals surface area contributed by atoms with E-state index in [2.05, 4.69) is 31.3 Å². The molecule has 0 aliphatic heterocycles. The third kappa shape index (κ3) is 40.5. The Morgan fingerprint density at radius 3 is 1.03 bits per heavy atom. The highest BCUT2D eigenvalue weighted by molar-refractivity contribution is 5.80. The van der Waals surface area contributed by atoms with E-state index >= 15 is 0 Å². The fourth-order valence-corrected chi connectivity index (χ4v) is 8.35. The van der Waals surface area contributed by atoms with Gasteiger partial charge in [0.05, 0.1) is 18.8 Å². The van der Waals surface area contributed by atoms with Crippen LogP contribution in [-0.4, -0.2) is 57.3 Å². The number of hydrogen-bond donors (Lipinski definition) is 5. The average Bonchev–Trinajstić information content (AvgIpc) is 3.23. The molecule has 0 fully saturated rings. The molecular formula is C52H103NO5. The average molecular weight is 822 g/mol. The van der Waals surface area contributed by atoms with Crippen molar-refractivity contribution in [3.05, 3.63) is 12.2 Å². The molecular weight excluding hydrogens is 719 g/mol. The van der Waals surface area contributed by atoms with Gasteiger partial charge in [-0.25, -0.2) is 0 Å². The monoisotopic (exact) mass is 822 g/mol. The quantitative estimate of drug-likeness (QED) is 0.0310. The predicted molar refractivity (Wildman–Crippen MR) is 251 cm³/mol. The van der Waals surface area contributed by atoms with E-state index in [1.165, 1.54) is 218 Å². The van der Waals surface area contributed by atoms with Crippen LogP contribution in [0.3, 0.4) is 0 Å². The molecule has 4 unspecified atom stereocenters. The summed E-state index contributed by atoms with van der Waals surface area (Å²) in [6.07, 6.45) is 54.2. The molecule has 0 aromatic rings. The third-order valence-electron chi connectivity index (χ3n) is 12.5. The molecule has 0 rings (SSSR count). The Balaban J connectivity index is 3.64. The van der Waals surface area contributed by atoms with Crippen LogP contribution in [0.2, 0.25) is 0 Å². The Hall–Kier alpha value is -0.950. The minimum Gasteiger partial charge on any atom is -0.394 e. The highest BCUT2D eigenvalue weighted by Crippen LogP contribution is 2.17. The Bertz CT molecular complexity index is 837. The van der Waals surface area contributed by atoms with E-state index < -0.39 is 36.9 Å². The summed E-state index contributed by atoms with van der Waals surface area (Å²) in [6, 6.07) is -0.998. The number of amides is 1. The summed E-state index contributed by atoms with van der Waals surface area (Å²) in [5.41, 5.74) is 0. The van der Waals surface area contributed by atoms with Crippen molar-refractivity contribution in [1.82, 2.24) is 5.32 Å². The maximum absolute atomic E-state index is 12.5. The fraction of sp³-hybridized carbons (Fsp3) is 0.942. The zero-order chi connectivity index (χ0) is 42.4. The number of carbonyl (C=O) groups excluding carboxylic acids is 1. The van der Waals surface area contributed by atoms with Crippen LogP contribution >= 0.6 is 0 Å². The Morgan fingerprint density at radius 1 is 0.414 bits per heavy atom. The minimum atomic E-state index is -1.28. The van der Waals surface area contributed by atoms with Crippen LogP contribution in [0.25, 0.3) is 0 Å². The van der Waals surface area contributed by atoms with E-state index in [0.29, 0.717) is 12.8 Å². The molecule has 5 N–H and O–H groups in total. The fourth-order valence-electron chi connectivity index (χ4n) is 8.35. The number of allylic oxidation sites excluding steroid dienone is 2. The van der Waals surface area contributed by atoms with Gasteiger partial charge in [-0.05, 0) is 38.5 Å². The van der Waals surface area contributed by atoms with Gasteiger partial charge in [-0.1, -0.05) is 257 Å². The largest absolute Gasteiger partial charge is 0.394 e. The molecule has 0 saturated carbocycles. The smallest absolute Gasteiger partial charge is 0.249 e. The van der Waals surface area contributed by atoms with E-state index in [9.17, 15) is 25.2 Å². The number of aliphatic hydroxyl groups is 4. The van der Waals surface area contributed by atoms with Crippen molar-refractivity contribution in [2.45, 2.75) is 308 Å². The lowest BCUT2D eigenvalue weighted by Crippen LogP contribution is -2.53. The molecule has 0 aliphatic rings. The van der Waals surface area contributed by atoms with Crippen molar-refractivity contribution < 1.29 is 25.2 Å². The molecule has 4 atom stereocenters. The van der Waals surface area contributed by atoms with Crippen LogP contribution in [-0.2, 0) is 4.79 Å². The first-order valence-corrected chi connectivity index (χ1v) is 26.1. The van der Waals surface area contributed by atoms with Crippen molar-refractivity contribution in [2.24, 2.45) is 0 Å². The lowest BCUT2D eigenvalue weighted by atomic mass is 10.00. The molecule has 0 aliphatic carbocycles. The number of rotatable bonds is 48. The minimum absolute atomic E-state index is 0.368. The van der Waals surface area contributed by atoms with Gasteiger partial charge in [-0.15, -0.1) is 0 Å². The molecule has 6 nitrogen and oxygen atoms in total. The van der Waals surface area contributed by atoms with Crippen LogP contribution in [0.15, 0.2) is 12.2 Å². The molecule has 0 saturated heterocycles. The van der Waals surface area contributed by atoms with Crippen molar-refractivity contribution in [2.75, 3.05) is 6.61 Å². The first kappa shape index (κ1) is 57.1. The zero-order valence-corrected chi connectivity index (χ0v) is 39.1. The van der Waals surface area contributed by atoms with Crippen molar-refractivity contribution in [1.29, 1.82) is 0 Å². The number of carbonyl (C=O) groups is 1. The summed E-state index contributed by atoms with van der Waals surface area (Å²) in [5, 5.41) is 43.8. The number of aliphatic hydroxyl groups excluding tert-OH is 4. The molecule has 0 aromatic carbocycles. The van der Waals surface area contributed by atoms with Gasteiger partial charge in [-0.2, -0.15) is 0 Å². The Kier molecular flexibility index (Phi) is 46.3. The molecule has 0 spiro atoms. The second kappa shape index (κ2) is 47.1. The van der Waals surface area contributed by atoms with Gasteiger partial charge in [0, 0.05) is 0 Å². The summed E-state index contributed by atoms with van der Waals surface area (Å²) in [4.78, 5) is 12.5. The number of unbranched alkanes of at least 4 members (excludes halogenated alkanes) is 37. The molecule has 0 aromatic heterocycles. The maximum Gasteiger partial charge on any atom is 0.249 e. The first-order chi connectivity index (χ1) is 28.5. The normalized spacial score (nSPS) is 14.0. The zero-order valence-electron chi connectivity index (χ0n) is 39.1. The summed E-state index contributed by atoms with van der Waals surface area (Å²) >= 11 is 0. The predicted octanol–water partition coefficient (Wildman–Crippen LogP) is 14.5. The van der Waals surface area contributed by atoms with Gasteiger partial charge in [0.1, 0.15) is 12.2 Å². The van der Waals surface area contributed by atoms with Crippen LogP contribution in [0, 0.1) is 0 Å². The topological polar surface area (TPSA) is 110 Å². The third-order valence-corrected chi connectivity index (χ3v) is 12.5. The number of nitrogens with one attached hydrogen (secondary N) is 1. The van der Waals surface area contributed by atoms with Crippen molar-refractivity contribution in [3.63, 3.8) is 0 Å². The standard InChI is InChI=1S/C52H103NO5/c1-3-5-7-9-11-13-15-17-19-20-21-22-23-24-25-26-27-28-29-30-32-33-35-37-39-41-43-45-49(55)51(57)48(47-54)53-52(58)50(56)46-44-42-40-38-36-34-31-18-16-14-12-10-8-6-4-2/h37,39,48-51,54-57H,3-36,38,40-47H2,1-2H3,(H,53,58)/b39-37+. The van der Waals surface area contributed by atoms with E-state index in [1.54, 1.807) is 0 Å². The number of hydrogen-bond acceptors (Lipinski definition) is 5. The van der Waals surface area contributed by atoms with Crippen LogP contribution in [0.5, 0.6) is 0 Å². The van der Waals surface area contributed by atoms with E-state index in [4.69, 9.17) is 0 Å². The second-order valence-electron chi connectivity index (χ2n) is 18.2. The lowest BCUT2D eigenvalue weighted by Gasteiger charge is -2.27. The molecule has 0 heterocycles.